The highest BCUT2D eigenvalue weighted by Crippen LogP contribution is 2.24. The first-order valence-electron chi connectivity index (χ1n) is 13.5. The van der Waals surface area contributed by atoms with Crippen LogP contribution in [0.3, 0.4) is 0 Å². The van der Waals surface area contributed by atoms with Gasteiger partial charge < -0.3 is 30.3 Å². The number of nitrogens with zero attached hydrogens (tertiary/aromatic N) is 1. The van der Waals surface area contributed by atoms with Gasteiger partial charge in [-0.1, -0.05) is 42.5 Å². The zero-order chi connectivity index (χ0) is 27.6. The second-order valence-corrected chi connectivity index (χ2v) is 9.66. The molecule has 10 nitrogen and oxygen atoms in total. The highest BCUT2D eigenvalue weighted by molar-refractivity contribution is 6.01. The van der Waals surface area contributed by atoms with Gasteiger partial charge in [-0.15, -0.1) is 0 Å². The van der Waals surface area contributed by atoms with Gasteiger partial charge in [0.25, 0.3) is 5.91 Å². The molecule has 10 heteroatoms. The van der Waals surface area contributed by atoms with Crippen LogP contribution in [0.25, 0.3) is 0 Å². The third kappa shape index (κ3) is 7.57. The van der Waals surface area contributed by atoms with Crippen LogP contribution in [0.4, 0.5) is 0 Å². The van der Waals surface area contributed by atoms with Crippen molar-refractivity contribution in [3.05, 3.63) is 65.7 Å². The number of ether oxygens (including phenoxy) is 2. The second kappa shape index (κ2) is 13.7. The maximum absolute atomic E-state index is 13.8. The molecule has 3 N–H and O–H groups in total. The molecule has 4 amide bonds. The molecule has 1 fully saturated rings. The number of carbonyl (C=O) groups is 4. The van der Waals surface area contributed by atoms with Gasteiger partial charge in [0.15, 0.2) is 0 Å². The molecule has 0 unspecified atom stereocenters. The fraction of sp³-hybridized carbons (Fsp3) is 0.448. The number of nitrogens with one attached hydrogen (secondary N) is 3. The molecule has 0 aromatic heterocycles. The Balaban J connectivity index is 1.62. The number of carbonyl (C=O) groups excluding carboxylic acids is 4. The first-order chi connectivity index (χ1) is 19.0. The summed E-state index contributed by atoms with van der Waals surface area (Å²) in [7, 11) is 0. The minimum absolute atomic E-state index is 0.185. The van der Waals surface area contributed by atoms with Gasteiger partial charge in [-0.3, -0.25) is 19.2 Å². The summed E-state index contributed by atoms with van der Waals surface area (Å²) in [5, 5.41) is 8.25. The van der Waals surface area contributed by atoms with Crippen LogP contribution in [0.15, 0.2) is 54.6 Å². The monoisotopic (exact) mass is 536 g/mol. The summed E-state index contributed by atoms with van der Waals surface area (Å²) in [6, 6.07) is 14.0. The average molecular weight is 537 g/mol. The topological polar surface area (TPSA) is 126 Å². The lowest BCUT2D eigenvalue weighted by Gasteiger charge is -2.30. The summed E-state index contributed by atoms with van der Waals surface area (Å²) in [6.45, 7) is 3.65. The van der Waals surface area contributed by atoms with E-state index in [9.17, 15) is 19.2 Å². The summed E-state index contributed by atoms with van der Waals surface area (Å²) in [6.07, 6.45) is 1.54. The van der Waals surface area contributed by atoms with Crippen LogP contribution < -0.4 is 20.7 Å². The maximum Gasteiger partial charge on any atom is 0.255 e. The molecule has 3 atom stereocenters. The predicted octanol–water partition coefficient (Wildman–Crippen LogP) is 1.44. The lowest BCUT2D eigenvalue weighted by atomic mass is 10.0. The molecule has 2 heterocycles. The molecule has 0 spiro atoms. The molecule has 0 aliphatic carbocycles. The van der Waals surface area contributed by atoms with Crippen molar-refractivity contribution in [1.29, 1.82) is 0 Å². The van der Waals surface area contributed by atoms with E-state index in [1.54, 1.807) is 29.2 Å². The summed E-state index contributed by atoms with van der Waals surface area (Å²) in [5.41, 5.74) is 1.15. The minimum atomic E-state index is -1.16. The molecule has 39 heavy (non-hydrogen) atoms. The number of rotatable bonds is 7. The number of amides is 4. The van der Waals surface area contributed by atoms with E-state index in [4.69, 9.17) is 9.47 Å². The Morgan fingerprint density at radius 3 is 2.64 bits per heavy atom. The van der Waals surface area contributed by atoms with Crippen molar-refractivity contribution < 1.29 is 28.7 Å². The van der Waals surface area contributed by atoms with E-state index in [1.807, 2.05) is 37.3 Å². The number of fused-ring (bicyclic) bond motifs is 2. The van der Waals surface area contributed by atoms with Crippen molar-refractivity contribution in [1.82, 2.24) is 20.9 Å². The maximum atomic E-state index is 13.8. The SMILES string of the molecule is CCOCCNC(=O)[C@@H]1CC(=O)N[C@@H](Cc2ccccc2)C(=O)N2CCC[C@@H]2COc2ccccc2C(=O)N1. The molecule has 1 saturated heterocycles. The summed E-state index contributed by atoms with van der Waals surface area (Å²) >= 11 is 0. The third-order valence-electron chi connectivity index (χ3n) is 6.90. The number of hydrogen-bond donors (Lipinski definition) is 3. The highest BCUT2D eigenvalue weighted by Gasteiger charge is 2.36. The Kier molecular flexibility index (Phi) is 9.91. The summed E-state index contributed by atoms with van der Waals surface area (Å²) in [5.74, 6) is -1.39. The molecule has 2 aliphatic heterocycles. The van der Waals surface area contributed by atoms with E-state index in [0.717, 1.165) is 18.4 Å². The van der Waals surface area contributed by atoms with Crippen molar-refractivity contribution in [2.75, 3.05) is 32.9 Å². The second-order valence-electron chi connectivity index (χ2n) is 9.66. The Morgan fingerprint density at radius 1 is 1.08 bits per heavy atom. The lowest BCUT2D eigenvalue weighted by molar-refractivity contribution is -0.138. The third-order valence-corrected chi connectivity index (χ3v) is 6.90. The number of para-hydroxylation sites is 1. The highest BCUT2D eigenvalue weighted by atomic mass is 16.5. The standard InChI is InChI=1S/C29H36N4O6/c1-2-38-16-14-30-28(36)23-18-26(34)31-24(17-20-9-4-3-5-10-20)29(37)33-15-8-11-21(33)19-39-25-13-7-6-12-22(25)27(35)32-23/h3-7,9-10,12-13,21,23-24H,2,8,11,14-19H2,1H3,(H,30,36)(H,31,34)(H,32,35)/t21-,23+,24+/m1/s1. The Morgan fingerprint density at radius 2 is 1.85 bits per heavy atom. The van der Waals surface area contributed by atoms with Gasteiger partial charge >= 0.3 is 0 Å². The smallest absolute Gasteiger partial charge is 0.255 e. The summed E-state index contributed by atoms with van der Waals surface area (Å²) in [4.78, 5) is 55.1. The van der Waals surface area contributed by atoms with Gasteiger partial charge in [-0.25, -0.2) is 0 Å². The van der Waals surface area contributed by atoms with Crippen LogP contribution in [-0.4, -0.2) is 79.6 Å². The minimum Gasteiger partial charge on any atom is -0.491 e. The summed E-state index contributed by atoms with van der Waals surface area (Å²) < 4.78 is 11.3. The van der Waals surface area contributed by atoms with Gasteiger partial charge in [0.05, 0.1) is 24.6 Å². The predicted molar refractivity (Wildman–Crippen MR) is 144 cm³/mol. The van der Waals surface area contributed by atoms with E-state index in [1.165, 1.54) is 0 Å². The van der Waals surface area contributed by atoms with Gasteiger partial charge in [-0.2, -0.15) is 0 Å². The molecule has 2 aromatic rings. The Hall–Kier alpha value is -3.92. The van der Waals surface area contributed by atoms with E-state index < -0.39 is 29.8 Å². The number of benzene rings is 2. The van der Waals surface area contributed by atoms with Gasteiger partial charge in [-0.05, 0) is 37.5 Å². The molecule has 0 saturated carbocycles. The van der Waals surface area contributed by atoms with Crippen LogP contribution in [-0.2, 0) is 25.5 Å². The van der Waals surface area contributed by atoms with Gasteiger partial charge in [0, 0.05) is 26.1 Å². The Labute approximate surface area is 228 Å². The van der Waals surface area contributed by atoms with Crippen LogP contribution in [0.5, 0.6) is 5.75 Å². The number of hydrogen-bond acceptors (Lipinski definition) is 6. The fourth-order valence-corrected chi connectivity index (χ4v) is 4.91. The largest absolute Gasteiger partial charge is 0.491 e. The van der Waals surface area contributed by atoms with Crippen LogP contribution in [0.1, 0.15) is 42.1 Å². The van der Waals surface area contributed by atoms with E-state index in [2.05, 4.69) is 16.0 Å². The Bertz CT molecular complexity index is 1160. The van der Waals surface area contributed by atoms with Crippen LogP contribution >= 0.6 is 0 Å². The molecule has 208 valence electrons. The molecule has 4 rings (SSSR count). The molecular weight excluding hydrogens is 500 g/mol. The molecule has 2 aliphatic rings. The quantitative estimate of drug-likeness (QED) is 0.460. The molecular formula is C29H36N4O6. The van der Waals surface area contributed by atoms with Gasteiger partial charge in [0.1, 0.15) is 24.4 Å². The van der Waals surface area contributed by atoms with E-state index in [0.29, 0.717) is 31.9 Å². The zero-order valence-corrected chi connectivity index (χ0v) is 22.2. The lowest BCUT2D eigenvalue weighted by Crippen LogP contribution is -2.54. The normalized spacial score (nSPS) is 22.0. The average Bonchev–Trinajstić information content (AvgIpc) is 3.42. The molecule has 0 radical (unpaired) electrons. The molecule has 0 bridgehead atoms. The van der Waals surface area contributed by atoms with E-state index >= 15 is 0 Å². The fourth-order valence-electron chi connectivity index (χ4n) is 4.91. The van der Waals surface area contributed by atoms with Crippen molar-refractivity contribution in [3.8, 4) is 5.75 Å². The van der Waals surface area contributed by atoms with Crippen molar-refractivity contribution in [2.45, 2.75) is 50.7 Å². The first-order valence-corrected chi connectivity index (χ1v) is 13.5. The van der Waals surface area contributed by atoms with Crippen LogP contribution in [0, 0.1) is 0 Å². The first kappa shape index (κ1) is 28.1. The van der Waals surface area contributed by atoms with Crippen molar-refractivity contribution >= 4 is 23.6 Å². The molecule has 2 aromatic carbocycles. The zero-order valence-electron chi connectivity index (χ0n) is 22.2. The van der Waals surface area contributed by atoms with Crippen molar-refractivity contribution in [3.63, 3.8) is 0 Å². The van der Waals surface area contributed by atoms with Gasteiger partial charge in [0.2, 0.25) is 17.7 Å². The van der Waals surface area contributed by atoms with Crippen LogP contribution in [0.2, 0.25) is 0 Å². The van der Waals surface area contributed by atoms with E-state index in [-0.39, 0.29) is 37.1 Å². The van der Waals surface area contributed by atoms with Crippen molar-refractivity contribution in [2.24, 2.45) is 0 Å².